The second kappa shape index (κ2) is 7.33. The molecule has 1 aliphatic heterocycles. The molecule has 2 heterocycles. The van der Waals surface area contributed by atoms with Gasteiger partial charge in [-0.05, 0) is 33.4 Å². The summed E-state index contributed by atoms with van der Waals surface area (Å²) in [5, 5.41) is 5.17. The summed E-state index contributed by atoms with van der Waals surface area (Å²) in [6.07, 6.45) is 2.46. The smallest absolute Gasteiger partial charge is 0.321 e. The highest BCUT2D eigenvalue weighted by molar-refractivity contribution is 9.10. The predicted molar refractivity (Wildman–Crippen MR) is 106 cm³/mol. The molecule has 1 aliphatic rings. The summed E-state index contributed by atoms with van der Waals surface area (Å²) in [4.78, 5) is 18.6. The molecular formula is C20H18BrN3O2. The highest BCUT2D eigenvalue weighted by Crippen LogP contribution is 2.24. The van der Waals surface area contributed by atoms with Crippen molar-refractivity contribution in [2.24, 2.45) is 0 Å². The van der Waals surface area contributed by atoms with E-state index in [1.807, 2.05) is 54.6 Å². The van der Waals surface area contributed by atoms with Gasteiger partial charge in [-0.2, -0.15) is 0 Å². The van der Waals surface area contributed by atoms with Gasteiger partial charge >= 0.3 is 6.03 Å². The molecule has 0 spiro atoms. The van der Waals surface area contributed by atoms with E-state index in [0.29, 0.717) is 19.0 Å². The first-order valence-corrected chi connectivity index (χ1v) is 9.30. The second-order valence-corrected chi connectivity index (χ2v) is 7.16. The largest absolute Gasteiger partial charge is 0.472 e. The molecule has 3 aromatic rings. The van der Waals surface area contributed by atoms with Crippen molar-refractivity contribution in [3.8, 4) is 5.88 Å². The van der Waals surface area contributed by atoms with Crippen molar-refractivity contribution in [2.45, 2.75) is 12.5 Å². The van der Waals surface area contributed by atoms with Crippen molar-refractivity contribution in [1.82, 2.24) is 9.88 Å². The zero-order chi connectivity index (χ0) is 17.9. The van der Waals surface area contributed by atoms with Crippen LogP contribution in [0.1, 0.15) is 6.42 Å². The van der Waals surface area contributed by atoms with Gasteiger partial charge in [-0.1, -0.05) is 36.4 Å². The number of carbonyl (C=O) groups is 1. The van der Waals surface area contributed by atoms with Crippen LogP contribution in [0.15, 0.2) is 65.3 Å². The van der Waals surface area contributed by atoms with E-state index in [9.17, 15) is 4.79 Å². The lowest BCUT2D eigenvalue weighted by molar-refractivity contribution is 0.190. The third kappa shape index (κ3) is 3.65. The van der Waals surface area contributed by atoms with E-state index in [4.69, 9.17) is 4.74 Å². The molecule has 0 bridgehead atoms. The maximum absolute atomic E-state index is 12.6. The van der Waals surface area contributed by atoms with Crippen LogP contribution in [-0.4, -0.2) is 35.1 Å². The van der Waals surface area contributed by atoms with E-state index in [1.54, 1.807) is 11.1 Å². The SMILES string of the molecule is O=C(Nc1cccc2ccccc12)N1CCC(Oc2ccc(Br)cn2)C1. The van der Waals surface area contributed by atoms with Gasteiger partial charge in [0.2, 0.25) is 5.88 Å². The number of aromatic nitrogens is 1. The number of rotatable bonds is 3. The average molecular weight is 412 g/mol. The number of pyridine rings is 1. The van der Waals surface area contributed by atoms with Gasteiger partial charge in [0.15, 0.2) is 0 Å². The van der Waals surface area contributed by atoms with Crippen LogP contribution >= 0.6 is 15.9 Å². The van der Waals surface area contributed by atoms with E-state index in [2.05, 4.69) is 26.2 Å². The number of halogens is 1. The molecule has 2 amide bonds. The summed E-state index contributed by atoms with van der Waals surface area (Å²) in [6, 6.07) is 17.5. The van der Waals surface area contributed by atoms with E-state index in [-0.39, 0.29) is 12.1 Å². The molecule has 1 saturated heterocycles. The van der Waals surface area contributed by atoms with Gasteiger partial charge in [-0.3, -0.25) is 0 Å². The number of amides is 2. The predicted octanol–water partition coefficient (Wildman–Crippen LogP) is 4.68. The van der Waals surface area contributed by atoms with Gasteiger partial charge < -0.3 is 15.0 Å². The molecule has 26 heavy (non-hydrogen) atoms. The minimum Gasteiger partial charge on any atom is -0.472 e. The summed E-state index contributed by atoms with van der Waals surface area (Å²) in [5.74, 6) is 0.578. The number of hydrogen-bond donors (Lipinski definition) is 1. The number of anilines is 1. The summed E-state index contributed by atoms with van der Waals surface area (Å²) in [6.45, 7) is 1.21. The normalized spacial score (nSPS) is 16.7. The quantitative estimate of drug-likeness (QED) is 0.680. The second-order valence-electron chi connectivity index (χ2n) is 6.25. The highest BCUT2D eigenvalue weighted by atomic mass is 79.9. The zero-order valence-corrected chi connectivity index (χ0v) is 15.6. The monoisotopic (exact) mass is 411 g/mol. The number of nitrogens with zero attached hydrogens (tertiary/aromatic N) is 2. The third-order valence-corrected chi connectivity index (χ3v) is 4.92. The molecule has 1 atom stereocenters. The molecule has 4 rings (SSSR count). The van der Waals surface area contributed by atoms with Crippen molar-refractivity contribution in [3.05, 3.63) is 65.3 Å². The van der Waals surface area contributed by atoms with Crippen LogP contribution in [0.25, 0.3) is 10.8 Å². The Hall–Kier alpha value is -2.60. The first-order chi connectivity index (χ1) is 12.7. The van der Waals surface area contributed by atoms with Crippen LogP contribution in [0.4, 0.5) is 10.5 Å². The molecule has 1 aromatic heterocycles. The summed E-state index contributed by atoms with van der Waals surface area (Å²) in [7, 11) is 0. The first-order valence-electron chi connectivity index (χ1n) is 8.51. The van der Waals surface area contributed by atoms with Crippen LogP contribution in [0.5, 0.6) is 5.88 Å². The van der Waals surface area contributed by atoms with Gasteiger partial charge in [0.25, 0.3) is 0 Å². The average Bonchev–Trinajstić information content (AvgIpc) is 3.13. The van der Waals surface area contributed by atoms with E-state index in [1.165, 1.54) is 0 Å². The van der Waals surface area contributed by atoms with E-state index < -0.39 is 0 Å². The molecular weight excluding hydrogens is 394 g/mol. The molecule has 1 N–H and O–H groups in total. The Labute approximate surface area is 160 Å². The highest BCUT2D eigenvalue weighted by Gasteiger charge is 2.28. The Balaban J connectivity index is 1.40. The van der Waals surface area contributed by atoms with Gasteiger partial charge in [-0.25, -0.2) is 9.78 Å². The number of fused-ring (bicyclic) bond motifs is 1. The minimum absolute atomic E-state index is 0.0399. The fourth-order valence-corrected chi connectivity index (χ4v) is 3.37. The summed E-state index contributed by atoms with van der Waals surface area (Å²) >= 11 is 3.36. The third-order valence-electron chi connectivity index (χ3n) is 4.45. The van der Waals surface area contributed by atoms with Crippen molar-refractivity contribution in [3.63, 3.8) is 0 Å². The molecule has 1 unspecified atom stereocenters. The van der Waals surface area contributed by atoms with Crippen LogP contribution in [-0.2, 0) is 0 Å². The molecule has 1 fully saturated rings. The molecule has 2 aromatic carbocycles. The fraction of sp³-hybridized carbons (Fsp3) is 0.200. The van der Waals surface area contributed by atoms with Crippen LogP contribution < -0.4 is 10.1 Å². The summed E-state index contributed by atoms with van der Waals surface area (Å²) < 4.78 is 6.79. The Kier molecular flexibility index (Phi) is 4.75. The lowest BCUT2D eigenvalue weighted by atomic mass is 10.1. The van der Waals surface area contributed by atoms with Gasteiger partial charge in [0.1, 0.15) is 6.10 Å². The number of carbonyl (C=O) groups excluding carboxylic acids is 1. The lowest BCUT2D eigenvalue weighted by Crippen LogP contribution is -2.34. The molecule has 5 nitrogen and oxygen atoms in total. The van der Waals surface area contributed by atoms with Crippen LogP contribution in [0.2, 0.25) is 0 Å². The number of hydrogen-bond acceptors (Lipinski definition) is 3. The van der Waals surface area contributed by atoms with E-state index in [0.717, 1.165) is 27.4 Å². The number of urea groups is 1. The maximum Gasteiger partial charge on any atom is 0.321 e. The Morgan fingerprint density at radius 3 is 2.85 bits per heavy atom. The lowest BCUT2D eigenvalue weighted by Gasteiger charge is -2.18. The van der Waals surface area contributed by atoms with E-state index >= 15 is 0 Å². The first kappa shape index (κ1) is 16.8. The van der Waals surface area contributed by atoms with Crippen molar-refractivity contribution < 1.29 is 9.53 Å². The van der Waals surface area contributed by atoms with Gasteiger partial charge in [0, 0.05) is 35.1 Å². The molecule has 0 aliphatic carbocycles. The minimum atomic E-state index is -0.101. The number of nitrogens with one attached hydrogen (secondary N) is 1. The Morgan fingerprint density at radius 2 is 2.00 bits per heavy atom. The maximum atomic E-state index is 12.6. The summed E-state index contributed by atoms with van der Waals surface area (Å²) in [5.41, 5.74) is 0.826. The Morgan fingerprint density at radius 1 is 1.15 bits per heavy atom. The molecule has 132 valence electrons. The van der Waals surface area contributed by atoms with Crippen LogP contribution in [0, 0.1) is 0 Å². The van der Waals surface area contributed by atoms with Gasteiger partial charge in [0.05, 0.1) is 12.2 Å². The number of likely N-dealkylation sites (tertiary alicyclic amines) is 1. The number of benzene rings is 2. The standard InChI is InChI=1S/C20H18BrN3O2/c21-15-8-9-19(22-12-15)26-16-10-11-24(13-16)20(25)23-18-7-3-5-14-4-1-2-6-17(14)18/h1-9,12,16H,10-11,13H2,(H,23,25). The van der Waals surface area contributed by atoms with Crippen molar-refractivity contribution in [2.75, 3.05) is 18.4 Å². The number of ether oxygens (including phenoxy) is 1. The van der Waals surface area contributed by atoms with Crippen molar-refractivity contribution in [1.29, 1.82) is 0 Å². The Bertz CT molecular complexity index is 924. The molecule has 0 saturated carbocycles. The molecule has 6 heteroatoms. The van der Waals surface area contributed by atoms with Crippen LogP contribution in [0.3, 0.4) is 0 Å². The van der Waals surface area contributed by atoms with Crippen molar-refractivity contribution >= 4 is 38.4 Å². The van der Waals surface area contributed by atoms with Gasteiger partial charge in [-0.15, -0.1) is 0 Å². The zero-order valence-electron chi connectivity index (χ0n) is 14.1. The topological polar surface area (TPSA) is 54.5 Å². The fourth-order valence-electron chi connectivity index (χ4n) is 3.14. The molecule has 0 radical (unpaired) electrons.